The summed E-state index contributed by atoms with van der Waals surface area (Å²) in [5.41, 5.74) is -0.175. The Labute approximate surface area is 141 Å². The van der Waals surface area contributed by atoms with Gasteiger partial charge in [-0.1, -0.05) is 24.3 Å². The Morgan fingerprint density at radius 1 is 1.08 bits per heavy atom. The van der Waals surface area contributed by atoms with E-state index >= 15 is 0 Å². The van der Waals surface area contributed by atoms with Gasteiger partial charge in [0, 0.05) is 29.4 Å². The molecule has 0 saturated heterocycles. The van der Waals surface area contributed by atoms with Crippen LogP contribution >= 0.6 is 0 Å². The van der Waals surface area contributed by atoms with Crippen molar-refractivity contribution in [3.8, 4) is 17.0 Å². The van der Waals surface area contributed by atoms with E-state index in [2.05, 4.69) is 15.5 Å². The molecule has 0 saturated carbocycles. The van der Waals surface area contributed by atoms with Crippen molar-refractivity contribution in [3.05, 3.63) is 48.0 Å². The highest BCUT2D eigenvalue weighted by Crippen LogP contribution is 2.36. The summed E-state index contributed by atoms with van der Waals surface area (Å²) < 4.78 is 27.4. The molecular formula is C17H15F2N3O3. The number of benzene rings is 2. The third-order valence-electron chi connectivity index (χ3n) is 3.67. The molecule has 0 bridgehead atoms. The summed E-state index contributed by atoms with van der Waals surface area (Å²) in [5, 5.41) is 40.1. The maximum absolute atomic E-state index is 14.2. The molecule has 4 N–H and O–H groups in total. The largest absolute Gasteiger partial charge is 0.507 e. The zero-order valence-corrected chi connectivity index (χ0v) is 12.9. The Hall–Kier alpha value is -2.84. The number of halogens is 2. The van der Waals surface area contributed by atoms with Crippen molar-refractivity contribution in [2.75, 3.05) is 18.5 Å². The predicted molar refractivity (Wildman–Crippen MR) is 88.1 cm³/mol. The first kappa shape index (κ1) is 17.0. The van der Waals surface area contributed by atoms with Crippen molar-refractivity contribution in [2.45, 2.75) is 6.10 Å². The lowest BCUT2D eigenvalue weighted by Gasteiger charge is -2.13. The van der Waals surface area contributed by atoms with Crippen molar-refractivity contribution >= 4 is 16.6 Å². The van der Waals surface area contributed by atoms with Gasteiger partial charge in [-0.25, -0.2) is 8.78 Å². The number of anilines is 1. The van der Waals surface area contributed by atoms with Gasteiger partial charge >= 0.3 is 0 Å². The molecule has 0 aliphatic heterocycles. The van der Waals surface area contributed by atoms with Crippen LogP contribution in [0.25, 0.3) is 22.0 Å². The molecule has 8 heteroatoms. The summed E-state index contributed by atoms with van der Waals surface area (Å²) in [6.45, 7) is -0.365. The van der Waals surface area contributed by atoms with Crippen LogP contribution in [0.3, 0.4) is 0 Å². The second-order valence-electron chi connectivity index (χ2n) is 5.44. The van der Waals surface area contributed by atoms with Crippen LogP contribution in [0.1, 0.15) is 0 Å². The molecule has 0 radical (unpaired) electrons. The van der Waals surface area contributed by atoms with Gasteiger partial charge < -0.3 is 20.6 Å². The highest BCUT2D eigenvalue weighted by molar-refractivity contribution is 6.00. The van der Waals surface area contributed by atoms with E-state index < -0.39 is 30.1 Å². The fraction of sp³-hybridized carbons (Fsp3) is 0.176. The maximum Gasteiger partial charge on any atom is 0.156 e. The van der Waals surface area contributed by atoms with Gasteiger partial charge in [-0.2, -0.15) is 0 Å². The number of phenolic OH excluding ortho intramolecular Hbond substituents is 1. The minimum Gasteiger partial charge on any atom is -0.507 e. The van der Waals surface area contributed by atoms with Crippen LogP contribution in [0.15, 0.2) is 36.4 Å². The van der Waals surface area contributed by atoms with E-state index in [1.165, 1.54) is 0 Å². The highest BCUT2D eigenvalue weighted by Gasteiger charge is 2.19. The normalized spacial score (nSPS) is 12.3. The Bertz CT molecular complexity index is 898. The van der Waals surface area contributed by atoms with E-state index in [0.29, 0.717) is 22.7 Å². The molecule has 0 aliphatic carbocycles. The molecule has 1 unspecified atom stereocenters. The number of aromatic nitrogens is 2. The minimum absolute atomic E-state index is 0.0463. The summed E-state index contributed by atoms with van der Waals surface area (Å²) in [6.07, 6.45) is -0.973. The summed E-state index contributed by atoms with van der Waals surface area (Å²) >= 11 is 0. The number of hydrogen-bond acceptors (Lipinski definition) is 6. The van der Waals surface area contributed by atoms with Gasteiger partial charge in [0.25, 0.3) is 0 Å². The van der Waals surface area contributed by atoms with Gasteiger partial charge in [0.15, 0.2) is 5.82 Å². The highest BCUT2D eigenvalue weighted by atomic mass is 19.1. The monoisotopic (exact) mass is 347 g/mol. The van der Waals surface area contributed by atoms with E-state index in [1.807, 2.05) is 0 Å². The van der Waals surface area contributed by atoms with Crippen molar-refractivity contribution in [1.29, 1.82) is 0 Å². The topological polar surface area (TPSA) is 98.5 Å². The van der Waals surface area contributed by atoms with Crippen molar-refractivity contribution in [1.82, 2.24) is 10.2 Å². The SMILES string of the molecule is OCC(O)CNc1nnc(-c2c(O)cc(F)cc2F)c2ccccc12. The molecule has 130 valence electrons. The number of hydrogen-bond donors (Lipinski definition) is 4. The molecule has 25 heavy (non-hydrogen) atoms. The predicted octanol–water partition coefficient (Wildman–Crippen LogP) is 2.05. The average molecular weight is 347 g/mol. The van der Waals surface area contributed by atoms with Crippen LogP contribution in [0.2, 0.25) is 0 Å². The maximum atomic E-state index is 14.2. The van der Waals surface area contributed by atoms with E-state index in [9.17, 15) is 19.0 Å². The van der Waals surface area contributed by atoms with Crippen LogP contribution < -0.4 is 5.32 Å². The molecule has 3 rings (SSSR count). The van der Waals surface area contributed by atoms with Crippen molar-refractivity contribution < 1.29 is 24.1 Å². The second-order valence-corrected chi connectivity index (χ2v) is 5.44. The fourth-order valence-corrected chi connectivity index (χ4v) is 2.49. The lowest BCUT2D eigenvalue weighted by Crippen LogP contribution is -2.23. The lowest BCUT2D eigenvalue weighted by atomic mass is 10.0. The van der Waals surface area contributed by atoms with E-state index in [1.54, 1.807) is 24.3 Å². The number of rotatable bonds is 5. The Morgan fingerprint density at radius 3 is 2.48 bits per heavy atom. The van der Waals surface area contributed by atoms with Gasteiger partial charge in [-0.15, -0.1) is 10.2 Å². The van der Waals surface area contributed by atoms with Crippen molar-refractivity contribution in [3.63, 3.8) is 0 Å². The van der Waals surface area contributed by atoms with Crippen LogP contribution in [0.4, 0.5) is 14.6 Å². The van der Waals surface area contributed by atoms with Crippen LogP contribution in [-0.4, -0.2) is 44.8 Å². The Morgan fingerprint density at radius 2 is 1.80 bits per heavy atom. The molecular weight excluding hydrogens is 332 g/mol. The first-order valence-corrected chi connectivity index (χ1v) is 7.48. The molecule has 0 spiro atoms. The molecule has 1 aromatic heterocycles. The minimum atomic E-state index is -0.973. The molecule has 0 amide bonds. The van der Waals surface area contributed by atoms with E-state index in [4.69, 9.17) is 5.11 Å². The van der Waals surface area contributed by atoms with Gasteiger partial charge in [0.2, 0.25) is 0 Å². The van der Waals surface area contributed by atoms with Gasteiger partial charge in [0.05, 0.1) is 18.3 Å². The first-order valence-electron chi connectivity index (χ1n) is 7.48. The number of nitrogens with one attached hydrogen (secondary N) is 1. The van der Waals surface area contributed by atoms with Gasteiger partial charge in [-0.3, -0.25) is 0 Å². The van der Waals surface area contributed by atoms with Crippen LogP contribution in [0.5, 0.6) is 5.75 Å². The molecule has 1 atom stereocenters. The summed E-state index contributed by atoms with van der Waals surface area (Å²) in [4.78, 5) is 0. The van der Waals surface area contributed by atoms with Crippen LogP contribution in [-0.2, 0) is 0 Å². The number of aliphatic hydroxyl groups excluding tert-OH is 2. The zero-order valence-electron chi connectivity index (χ0n) is 12.9. The number of fused-ring (bicyclic) bond motifs is 1. The summed E-state index contributed by atoms with van der Waals surface area (Å²) in [6, 6.07) is 8.28. The summed E-state index contributed by atoms with van der Waals surface area (Å²) in [5.74, 6) is -2.09. The van der Waals surface area contributed by atoms with Gasteiger partial charge in [-0.05, 0) is 0 Å². The van der Waals surface area contributed by atoms with Crippen LogP contribution in [0, 0.1) is 11.6 Å². The molecule has 2 aromatic carbocycles. The Kier molecular flexibility index (Phi) is 4.73. The quantitative estimate of drug-likeness (QED) is 0.564. The lowest BCUT2D eigenvalue weighted by molar-refractivity contribution is 0.105. The molecule has 6 nitrogen and oxygen atoms in total. The molecule has 1 heterocycles. The summed E-state index contributed by atoms with van der Waals surface area (Å²) in [7, 11) is 0. The number of aliphatic hydroxyl groups is 2. The number of phenols is 1. The first-order chi connectivity index (χ1) is 12.0. The zero-order chi connectivity index (χ0) is 18.0. The Balaban J connectivity index is 2.13. The smallest absolute Gasteiger partial charge is 0.156 e. The average Bonchev–Trinajstić information content (AvgIpc) is 2.59. The molecule has 0 aliphatic rings. The third kappa shape index (κ3) is 3.35. The van der Waals surface area contributed by atoms with Gasteiger partial charge in [0.1, 0.15) is 23.1 Å². The standard InChI is InChI=1S/C17H15F2N3O3/c18-9-5-13(19)15(14(25)6-9)16-11-3-1-2-4-12(11)17(22-21-16)20-7-10(24)8-23/h1-6,10,23-25H,7-8H2,(H,20,22). The number of nitrogens with zero attached hydrogens (tertiary/aromatic N) is 2. The van der Waals surface area contributed by atoms with Crippen molar-refractivity contribution in [2.24, 2.45) is 0 Å². The van der Waals surface area contributed by atoms with E-state index in [0.717, 1.165) is 6.07 Å². The molecule has 3 aromatic rings. The van der Waals surface area contributed by atoms with E-state index in [-0.39, 0.29) is 17.8 Å². The fourth-order valence-electron chi connectivity index (χ4n) is 2.49. The number of aromatic hydroxyl groups is 1. The second kappa shape index (κ2) is 6.96. The molecule has 0 fully saturated rings. The third-order valence-corrected chi connectivity index (χ3v) is 3.67.